The Morgan fingerprint density at radius 3 is 1.73 bits per heavy atom. The predicted molar refractivity (Wildman–Crippen MR) is 272 cm³/mol. The van der Waals surface area contributed by atoms with Gasteiger partial charge >= 0.3 is 0 Å². The smallest absolute Gasteiger partial charge is 0.235 e. The zero-order valence-electron chi connectivity index (χ0n) is 36.3. The first-order chi connectivity index (χ1) is 32.5. The molecule has 0 atom stereocenters. The van der Waals surface area contributed by atoms with Gasteiger partial charge in [-0.05, 0) is 94.0 Å². The van der Waals surface area contributed by atoms with Gasteiger partial charge in [-0.2, -0.15) is 0 Å². The van der Waals surface area contributed by atoms with Crippen molar-refractivity contribution in [3.05, 3.63) is 217 Å². The Labute approximate surface area is 380 Å². The molecule has 0 saturated carbocycles. The van der Waals surface area contributed by atoms with Gasteiger partial charge in [0.05, 0.1) is 33.5 Å². The first-order valence-electron chi connectivity index (χ1n) is 22.6. The predicted octanol–water partition coefficient (Wildman–Crippen LogP) is 15.9. The standard InChI is InChI=1S/C61H40N4O/c1-61(2)50-24-14-12-22-42(50)45-32-46-44-28-26-40(31-55(44)64(56(46)34-51(45)61)41-20-10-5-11-21-41)39-27-29-58-48(30-39)49-33-47-43-23-13-15-25-54(43)65(57(47)36-59(49)66-58)60-62-52(37-16-6-3-7-17-37)35-53(63-60)38-18-8-4-9-19-38/h3-36H,1-2H3. The van der Waals surface area contributed by atoms with E-state index < -0.39 is 0 Å². The van der Waals surface area contributed by atoms with E-state index in [9.17, 15) is 0 Å². The van der Waals surface area contributed by atoms with Gasteiger partial charge in [0.15, 0.2) is 0 Å². The molecule has 0 saturated heterocycles. The molecule has 9 aromatic carbocycles. The van der Waals surface area contributed by atoms with Crippen LogP contribution < -0.4 is 0 Å². The Bertz CT molecular complexity index is 4060. The van der Waals surface area contributed by atoms with E-state index in [2.05, 4.69) is 217 Å². The largest absolute Gasteiger partial charge is 0.456 e. The number of hydrogen-bond acceptors (Lipinski definition) is 3. The number of benzene rings is 9. The van der Waals surface area contributed by atoms with Crippen molar-refractivity contribution < 1.29 is 4.42 Å². The van der Waals surface area contributed by atoms with Gasteiger partial charge in [0, 0.05) is 60.6 Å². The summed E-state index contributed by atoms with van der Waals surface area (Å²) in [6.45, 7) is 4.72. The lowest BCUT2D eigenvalue weighted by atomic mass is 9.82. The van der Waals surface area contributed by atoms with Gasteiger partial charge in [0.1, 0.15) is 11.2 Å². The molecule has 0 N–H and O–H groups in total. The summed E-state index contributed by atoms with van der Waals surface area (Å²) in [6, 6.07) is 74.0. The van der Waals surface area contributed by atoms with E-state index >= 15 is 0 Å². The van der Waals surface area contributed by atoms with Crippen molar-refractivity contribution in [3.63, 3.8) is 0 Å². The minimum atomic E-state index is -0.0976. The molecule has 13 aromatic rings. The molecule has 0 radical (unpaired) electrons. The van der Waals surface area contributed by atoms with E-state index in [0.717, 1.165) is 83.1 Å². The third-order valence-electron chi connectivity index (χ3n) is 14.1. The van der Waals surface area contributed by atoms with Crippen LogP contribution in [0.15, 0.2) is 211 Å². The molecular formula is C61H40N4O. The molecular weight excluding hydrogens is 805 g/mol. The monoisotopic (exact) mass is 844 g/mol. The number of fused-ring (bicyclic) bond motifs is 12. The molecule has 0 fully saturated rings. The van der Waals surface area contributed by atoms with Crippen molar-refractivity contribution in [1.82, 2.24) is 19.1 Å². The molecule has 1 aliphatic rings. The summed E-state index contributed by atoms with van der Waals surface area (Å²) in [6.07, 6.45) is 0. The molecule has 0 bridgehead atoms. The molecule has 14 rings (SSSR count). The second-order valence-electron chi connectivity index (χ2n) is 18.2. The Balaban J connectivity index is 0.950. The van der Waals surface area contributed by atoms with Crippen molar-refractivity contribution in [2.24, 2.45) is 0 Å². The Morgan fingerprint density at radius 2 is 0.955 bits per heavy atom. The molecule has 5 heteroatoms. The second-order valence-corrected chi connectivity index (χ2v) is 18.2. The van der Waals surface area contributed by atoms with E-state index in [-0.39, 0.29) is 5.41 Å². The van der Waals surface area contributed by atoms with Crippen LogP contribution in [0.1, 0.15) is 25.0 Å². The number of furan rings is 1. The summed E-state index contributed by atoms with van der Waals surface area (Å²) in [7, 11) is 0. The van der Waals surface area contributed by atoms with Crippen molar-refractivity contribution in [2.75, 3.05) is 0 Å². The van der Waals surface area contributed by atoms with Gasteiger partial charge in [0.25, 0.3) is 0 Å². The number of para-hydroxylation sites is 2. The van der Waals surface area contributed by atoms with Gasteiger partial charge < -0.3 is 8.98 Å². The lowest BCUT2D eigenvalue weighted by Crippen LogP contribution is -2.14. The third kappa shape index (κ3) is 5.34. The highest BCUT2D eigenvalue weighted by molar-refractivity contribution is 6.18. The number of aromatic nitrogens is 4. The molecule has 0 unspecified atom stereocenters. The summed E-state index contributed by atoms with van der Waals surface area (Å²) < 4.78 is 11.4. The third-order valence-corrected chi connectivity index (χ3v) is 14.1. The molecule has 4 heterocycles. The highest BCUT2D eigenvalue weighted by Gasteiger charge is 2.36. The van der Waals surface area contributed by atoms with Crippen LogP contribution >= 0.6 is 0 Å². The molecule has 0 spiro atoms. The first-order valence-corrected chi connectivity index (χ1v) is 22.6. The van der Waals surface area contributed by atoms with E-state index in [0.29, 0.717) is 5.95 Å². The van der Waals surface area contributed by atoms with Gasteiger partial charge in [-0.25, -0.2) is 9.97 Å². The zero-order valence-corrected chi connectivity index (χ0v) is 36.3. The van der Waals surface area contributed by atoms with Crippen molar-refractivity contribution in [3.8, 4) is 56.4 Å². The molecule has 310 valence electrons. The molecule has 5 nitrogen and oxygen atoms in total. The fourth-order valence-electron chi connectivity index (χ4n) is 10.9. The summed E-state index contributed by atoms with van der Waals surface area (Å²) in [4.78, 5) is 10.5. The van der Waals surface area contributed by atoms with Crippen molar-refractivity contribution >= 4 is 65.6 Å². The summed E-state index contributed by atoms with van der Waals surface area (Å²) in [5, 5.41) is 6.91. The second kappa shape index (κ2) is 13.7. The number of rotatable bonds is 5. The van der Waals surface area contributed by atoms with Gasteiger partial charge in [-0.3, -0.25) is 4.57 Å². The Hall–Kier alpha value is -8.54. The van der Waals surface area contributed by atoms with Gasteiger partial charge in [0.2, 0.25) is 5.95 Å². The fraction of sp³-hybridized carbons (Fsp3) is 0.0492. The SMILES string of the molecule is CC1(C)c2ccccc2-c2cc3c4ccc(-c5ccc6oc7cc8c(cc7c6c5)c5ccccc5n8-c5nc(-c6ccccc6)cc(-c6ccccc6)n5)cc4n(-c4ccccc4)c3cc21. The average molecular weight is 845 g/mol. The molecule has 0 aliphatic heterocycles. The van der Waals surface area contributed by atoms with Crippen LogP contribution in [0.3, 0.4) is 0 Å². The maximum atomic E-state index is 6.73. The maximum Gasteiger partial charge on any atom is 0.235 e. The lowest BCUT2D eigenvalue weighted by molar-refractivity contribution is 0.661. The van der Waals surface area contributed by atoms with Crippen LogP contribution in [0.5, 0.6) is 0 Å². The summed E-state index contributed by atoms with van der Waals surface area (Å²) in [5.74, 6) is 0.612. The highest BCUT2D eigenvalue weighted by Crippen LogP contribution is 2.51. The minimum absolute atomic E-state index is 0.0976. The molecule has 66 heavy (non-hydrogen) atoms. The maximum absolute atomic E-state index is 6.73. The van der Waals surface area contributed by atoms with Crippen LogP contribution in [0, 0.1) is 0 Å². The molecule has 0 amide bonds. The zero-order chi connectivity index (χ0) is 43.7. The normalized spacial score (nSPS) is 13.1. The van der Waals surface area contributed by atoms with Crippen molar-refractivity contribution in [2.45, 2.75) is 19.3 Å². The first kappa shape index (κ1) is 36.9. The van der Waals surface area contributed by atoms with Crippen LogP contribution in [0.2, 0.25) is 0 Å². The van der Waals surface area contributed by atoms with E-state index in [1.165, 1.54) is 44.1 Å². The Kier molecular flexibility index (Phi) is 7.68. The Morgan fingerprint density at radius 1 is 0.364 bits per heavy atom. The average Bonchev–Trinajstić information content (AvgIpc) is 4.07. The van der Waals surface area contributed by atoms with Crippen LogP contribution in [-0.2, 0) is 5.41 Å². The number of hydrogen-bond donors (Lipinski definition) is 0. The fourth-order valence-corrected chi connectivity index (χ4v) is 10.9. The van der Waals surface area contributed by atoms with Crippen LogP contribution in [0.25, 0.3) is 122 Å². The van der Waals surface area contributed by atoms with E-state index in [1.807, 2.05) is 12.1 Å². The van der Waals surface area contributed by atoms with Crippen LogP contribution in [0.4, 0.5) is 0 Å². The lowest BCUT2D eigenvalue weighted by Gasteiger charge is -2.21. The summed E-state index contributed by atoms with van der Waals surface area (Å²) >= 11 is 0. The van der Waals surface area contributed by atoms with Crippen LogP contribution in [-0.4, -0.2) is 19.1 Å². The highest BCUT2D eigenvalue weighted by atomic mass is 16.3. The van der Waals surface area contributed by atoms with E-state index in [1.54, 1.807) is 0 Å². The van der Waals surface area contributed by atoms with Crippen molar-refractivity contribution in [1.29, 1.82) is 0 Å². The van der Waals surface area contributed by atoms with Gasteiger partial charge in [-0.15, -0.1) is 0 Å². The molecule has 1 aliphatic carbocycles. The topological polar surface area (TPSA) is 48.8 Å². The molecule has 4 aromatic heterocycles. The minimum Gasteiger partial charge on any atom is -0.456 e. The summed E-state index contributed by atoms with van der Waals surface area (Å²) in [5.41, 5.74) is 18.7. The van der Waals surface area contributed by atoms with E-state index in [4.69, 9.17) is 14.4 Å². The number of nitrogens with zero attached hydrogens (tertiary/aromatic N) is 4. The quantitative estimate of drug-likeness (QED) is 0.173. The van der Waals surface area contributed by atoms with Gasteiger partial charge in [-0.1, -0.05) is 153 Å².